The van der Waals surface area contributed by atoms with Crippen LogP contribution in [-0.4, -0.2) is 23.3 Å². The highest BCUT2D eigenvalue weighted by Crippen LogP contribution is 2.20. The van der Waals surface area contributed by atoms with E-state index in [0.717, 1.165) is 0 Å². The Morgan fingerprint density at radius 3 is 2.48 bits per heavy atom. The van der Waals surface area contributed by atoms with E-state index in [0.29, 0.717) is 10.7 Å². The summed E-state index contributed by atoms with van der Waals surface area (Å²) in [5.41, 5.74) is 0.867. The van der Waals surface area contributed by atoms with E-state index >= 15 is 0 Å². The molecule has 0 saturated heterocycles. The van der Waals surface area contributed by atoms with E-state index in [-0.39, 0.29) is 23.0 Å². The number of hydrogen-bond donors (Lipinski definition) is 2. The van der Waals surface area contributed by atoms with Gasteiger partial charge < -0.3 is 10.6 Å². The maximum atomic E-state index is 11.9. The van der Waals surface area contributed by atoms with E-state index < -0.39 is 5.91 Å². The van der Waals surface area contributed by atoms with E-state index in [1.807, 2.05) is 0 Å². The Bertz CT molecular complexity index is 663. The third-order valence-electron chi connectivity index (χ3n) is 2.55. The zero-order valence-corrected chi connectivity index (χ0v) is 12.3. The molecule has 0 radical (unpaired) electrons. The Balaban J connectivity index is 1.90. The van der Waals surface area contributed by atoms with Gasteiger partial charge in [-0.15, -0.1) is 0 Å². The number of nitrogens with zero attached hydrogens (tertiary/aromatic N) is 1. The van der Waals surface area contributed by atoms with Crippen LogP contribution in [-0.2, 0) is 4.79 Å². The lowest BCUT2D eigenvalue weighted by Gasteiger charge is -2.08. The Morgan fingerprint density at radius 2 is 1.81 bits per heavy atom. The summed E-state index contributed by atoms with van der Waals surface area (Å²) < 4.78 is 0. The van der Waals surface area contributed by atoms with Gasteiger partial charge in [-0.3, -0.25) is 14.6 Å². The fourth-order valence-electron chi connectivity index (χ4n) is 1.57. The first-order valence-corrected chi connectivity index (χ1v) is 6.75. The molecule has 2 rings (SSSR count). The van der Waals surface area contributed by atoms with Gasteiger partial charge in [0.2, 0.25) is 5.91 Å². The molecule has 0 saturated carbocycles. The summed E-state index contributed by atoms with van der Waals surface area (Å²) in [6, 6.07) is 7.82. The molecule has 0 unspecified atom stereocenters. The molecule has 2 N–H and O–H groups in total. The molecule has 0 aliphatic carbocycles. The van der Waals surface area contributed by atoms with E-state index in [1.165, 1.54) is 12.1 Å². The molecular weight excluding hydrogens is 313 g/mol. The van der Waals surface area contributed by atoms with E-state index in [9.17, 15) is 9.59 Å². The van der Waals surface area contributed by atoms with Gasteiger partial charge in [-0.1, -0.05) is 23.2 Å². The summed E-state index contributed by atoms with van der Waals surface area (Å²) in [4.78, 5) is 27.4. The fraction of sp³-hybridized carbons (Fsp3) is 0.0714. The van der Waals surface area contributed by atoms with Gasteiger partial charge in [0.05, 0.1) is 17.1 Å². The van der Waals surface area contributed by atoms with Crippen LogP contribution in [0.25, 0.3) is 0 Å². The van der Waals surface area contributed by atoms with Gasteiger partial charge in [-0.05, 0) is 30.3 Å². The number of carbonyl (C=O) groups is 2. The van der Waals surface area contributed by atoms with Crippen molar-refractivity contribution >= 4 is 40.7 Å². The predicted molar refractivity (Wildman–Crippen MR) is 81.7 cm³/mol. The number of amides is 2. The lowest BCUT2D eigenvalue weighted by molar-refractivity contribution is -0.115. The molecule has 0 bridgehead atoms. The average molecular weight is 324 g/mol. The van der Waals surface area contributed by atoms with Gasteiger partial charge in [0.15, 0.2) is 0 Å². The minimum Gasteiger partial charge on any atom is -0.343 e. The number of aromatic nitrogens is 1. The maximum absolute atomic E-state index is 11.9. The molecule has 5 nitrogen and oxygen atoms in total. The summed E-state index contributed by atoms with van der Waals surface area (Å²) in [7, 11) is 0. The van der Waals surface area contributed by atoms with Crippen molar-refractivity contribution in [2.75, 3.05) is 11.9 Å². The van der Waals surface area contributed by atoms with E-state index in [1.54, 1.807) is 30.6 Å². The molecule has 0 aliphatic rings. The Kier molecular flexibility index (Phi) is 5.14. The number of pyridine rings is 1. The largest absolute Gasteiger partial charge is 0.343 e. The fourth-order valence-corrected chi connectivity index (χ4v) is 2.06. The first-order valence-electron chi connectivity index (χ1n) is 5.99. The maximum Gasteiger partial charge on any atom is 0.253 e. The average Bonchev–Trinajstić information content (AvgIpc) is 2.46. The van der Waals surface area contributed by atoms with Crippen molar-refractivity contribution in [1.29, 1.82) is 0 Å². The van der Waals surface area contributed by atoms with Gasteiger partial charge >= 0.3 is 0 Å². The van der Waals surface area contributed by atoms with Crippen molar-refractivity contribution in [2.45, 2.75) is 0 Å². The number of benzene rings is 1. The summed E-state index contributed by atoms with van der Waals surface area (Å²) >= 11 is 11.7. The monoisotopic (exact) mass is 323 g/mol. The standard InChI is InChI=1S/C14H11Cl2N3O2/c15-9-1-2-11(12(16)7-9)14(21)18-8-13(20)19-10-3-5-17-6-4-10/h1-7H,8H2,(H,18,21)(H,17,19,20). The number of rotatable bonds is 4. The van der Waals surface area contributed by atoms with Crippen molar-refractivity contribution in [3.8, 4) is 0 Å². The SMILES string of the molecule is O=C(CNC(=O)c1ccc(Cl)cc1Cl)Nc1ccncc1. The summed E-state index contributed by atoms with van der Waals surface area (Å²) in [5, 5.41) is 5.78. The molecule has 7 heteroatoms. The smallest absolute Gasteiger partial charge is 0.253 e. The molecule has 1 heterocycles. The quantitative estimate of drug-likeness (QED) is 0.908. The summed E-state index contributed by atoms with van der Waals surface area (Å²) in [5.74, 6) is -0.791. The Morgan fingerprint density at radius 1 is 1.10 bits per heavy atom. The van der Waals surface area contributed by atoms with Crippen molar-refractivity contribution < 1.29 is 9.59 Å². The minimum atomic E-state index is -0.443. The first-order chi connectivity index (χ1) is 10.1. The van der Waals surface area contributed by atoms with Crippen LogP contribution in [0, 0.1) is 0 Å². The summed E-state index contributed by atoms with van der Waals surface area (Å²) in [6.45, 7) is -0.167. The van der Waals surface area contributed by atoms with Gasteiger partial charge in [-0.25, -0.2) is 0 Å². The zero-order valence-electron chi connectivity index (χ0n) is 10.8. The molecule has 2 amide bonds. The molecule has 108 valence electrons. The summed E-state index contributed by atoms with van der Waals surface area (Å²) in [6.07, 6.45) is 3.11. The van der Waals surface area contributed by atoms with Crippen LogP contribution in [0.1, 0.15) is 10.4 Å². The van der Waals surface area contributed by atoms with E-state index in [4.69, 9.17) is 23.2 Å². The number of nitrogens with one attached hydrogen (secondary N) is 2. The van der Waals surface area contributed by atoms with Crippen LogP contribution in [0.4, 0.5) is 5.69 Å². The van der Waals surface area contributed by atoms with Crippen molar-refractivity contribution in [3.05, 3.63) is 58.3 Å². The third-order valence-corrected chi connectivity index (χ3v) is 3.10. The number of carbonyl (C=O) groups excluding carboxylic acids is 2. The second-order valence-corrected chi connectivity index (χ2v) is 4.93. The van der Waals surface area contributed by atoms with Gasteiger partial charge in [-0.2, -0.15) is 0 Å². The lowest BCUT2D eigenvalue weighted by Crippen LogP contribution is -2.33. The minimum absolute atomic E-state index is 0.167. The topological polar surface area (TPSA) is 71.1 Å². The van der Waals surface area contributed by atoms with Crippen LogP contribution in [0.3, 0.4) is 0 Å². The highest BCUT2D eigenvalue weighted by atomic mass is 35.5. The van der Waals surface area contributed by atoms with Crippen molar-refractivity contribution in [3.63, 3.8) is 0 Å². The second-order valence-electron chi connectivity index (χ2n) is 4.09. The van der Waals surface area contributed by atoms with Crippen molar-refractivity contribution in [2.24, 2.45) is 0 Å². The zero-order chi connectivity index (χ0) is 15.2. The van der Waals surface area contributed by atoms with Crippen LogP contribution in [0.2, 0.25) is 10.0 Å². The second kappa shape index (κ2) is 7.06. The number of anilines is 1. The molecule has 0 aliphatic heterocycles. The molecule has 0 spiro atoms. The molecule has 1 aromatic heterocycles. The van der Waals surface area contributed by atoms with E-state index in [2.05, 4.69) is 15.6 Å². The molecule has 1 aromatic carbocycles. The molecular formula is C14H11Cl2N3O2. The molecule has 21 heavy (non-hydrogen) atoms. The Hall–Kier alpha value is -2.11. The molecule has 2 aromatic rings. The van der Waals surface area contributed by atoms with Crippen LogP contribution in [0.5, 0.6) is 0 Å². The molecule has 0 fully saturated rings. The Labute approximate surface area is 131 Å². The predicted octanol–water partition coefficient (Wildman–Crippen LogP) is 2.76. The molecule has 0 atom stereocenters. The van der Waals surface area contributed by atoms with Crippen molar-refractivity contribution in [1.82, 2.24) is 10.3 Å². The van der Waals surface area contributed by atoms with Crippen LogP contribution >= 0.6 is 23.2 Å². The van der Waals surface area contributed by atoms with Gasteiger partial charge in [0.1, 0.15) is 0 Å². The number of halogens is 2. The normalized spacial score (nSPS) is 10.0. The first kappa shape index (κ1) is 15.3. The van der Waals surface area contributed by atoms with Gasteiger partial charge in [0.25, 0.3) is 5.91 Å². The lowest BCUT2D eigenvalue weighted by atomic mass is 10.2. The highest BCUT2D eigenvalue weighted by Gasteiger charge is 2.12. The number of hydrogen-bond acceptors (Lipinski definition) is 3. The third kappa shape index (κ3) is 4.44. The van der Waals surface area contributed by atoms with Gasteiger partial charge in [0, 0.05) is 23.1 Å². The van der Waals surface area contributed by atoms with Crippen LogP contribution in [0.15, 0.2) is 42.7 Å². The highest BCUT2D eigenvalue weighted by molar-refractivity contribution is 6.36. The van der Waals surface area contributed by atoms with Crippen LogP contribution < -0.4 is 10.6 Å².